The zero-order valence-electron chi connectivity index (χ0n) is 18.5. The number of carbonyl (C=O) groups is 2. The average Bonchev–Trinajstić information content (AvgIpc) is 2.82. The molecule has 0 saturated carbocycles. The summed E-state index contributed by atoms with van der Waals surface area (Å²) in [7, 11) is 4.13. The molecule has 2 aromatic rings. The van der Waals surface area contributed by atoms with E-state index in [0.29, 0.717) is 11.3 Å². The molecule has 1 unspecified atom stereocenters. The van der Waals surface area contributed by atoms with Crippen molar-refractivity contribution in [2.75, 3.05) is 27.9 Å². The van der Waals surface area contributed by atoms with Crippen LogP contribution in [0.1, 0.15) is 24.1 Å². The van der Waals surface area contributed by atoms with Gasteiger partial charge in [-0.05, 0) is 48.4 Å². The van der Waals surface area contributed by atoms with E-state index in [1.54, 1.807) is 31.2 Å². The van der Waals surface area contributed by atoms with E-state index in [-0.39, 0.29) is 40.6 Å². The van der Waals surface area contributed by atoms with Crippen molar-refractivity contribution in [2.45, 2.75) is 13.0 Å². The second kappa shape index (κ2) is 9.90. The van der Waals surface area contributed by atoms with Crippen LogP contribution in [0.5, 0.6) is 17.2 Å². The van der Waals surface area contributed by atoms with Crippen LogP contribution in [0.15, 0.2) is 42.0 Å². The quantitative estimate of drug-likeness (QED) is 0.351. The van der Waals surface area contributed by atoms with Crippen molar-refractivity contribution in [1.29, 1.82) is 0 Å². The van der Waals surface area contributed by atoms with Crippen molar-refractivity contribution in [3.05, 3.63) is 63.2 Å². The Labute approximate surface area is 189 Å². The molecule has 3 rings (SSSR count). The molecule has 0 aliphatic carbocycles. The molecule has 2 amide bonds. The highest BCUT2D eigenvalue weighted by Crippen LogP contribution is 2.42. The Morgan fingerprint density at radius 2 is 1.79 bits per heavy atom. The monoisotopic (exact) mass is 457 g/mol. The first-order valence-electron chi connectivity index (χ1n) is 9.88. The summed E-state index contributed by atoms with van der Waals surface area (Å²) in [5.74, 6) is -0.116. The number of amides is 2. The molecule has 0 spiro atoms. The van der Waals surface area contributed by atoms with Crippen LogP contribution < -0.4 is 24.8 Å². The van der Waals surface area contributed by atoms with E-state index in [9.17, 15) is 19.7 Å². The topological polar surface area (TPSA) is 138 Å². The molecule has 0 saturated heterocycles. The van der Waals surface area contributed by atoms with E-state index >= 15 is 0 Å². The van der Waals surface area contributed by atoms with Crippen molar-refractivity contribution in [1.82, 2.24) is 10.6 Å². The molecule has 11 nitrogen and oxygen atoms in total. The lowest BCUT2D eigenvalue weighted by Crippen LogP contribution is -2.45. The highest BCUT2D eigenvalue weighted by molar-refractivity contribution is 6.04. The number of nitrogens with one attached hydrogen (secondary N) is 2. The number of urea groups is 1. The number of hydrogen-bond acceptors (Lipinski definition) is 8. The molecule has 0 aromatic heterocycles. The Morgan fingerprint density at radius 1 is 1.09 bits per heavy atom. The van der Waals surface area contributed by atoms with Gasteiger partial charge < -0.3 is 29.6 Å². The Hall–Kier alpha value is -4.28. The van der Waals surface area contributed by atoms with Crippen molar-refractivity contribution < 1.29 is 33.5 Å². The Kier molecular flexibility index (Phi) is 7.01. The summed E-state index contributed by atoms with van der Waals surface area (Å²) in [6.07, 6.45) is 0. The van der Waals surface area contributed by atoms with E-state index in [0.717, 1.165) is 0 Å². The van der Waals surface area contributed by atoms with Gasteiger partial charge in [0.05, 0.1) is 50.2 Å². The van der Waals surface area contributed by atoms with Crippen LogP contribution >= 0.6 is 0 Å². The molecule has 2 aromatic carbocycles. The van der Waals surface area contributed by atoms with Crippen molar-refractivity contribution in [3.63, 3.8) is 0 Å². The number of benzene rings is 2. The van der Waals surface area contributed by atoms with E-state index in [2.05, 4.69) is 10.6 Å². The third-order valence-corrected chi connectivity index (χ3v) is 4.96. The second-order valence-electron chi connectivity index (χ2n) is 6.80. The van der Waals surface area contributed by atoms with Crippen LogP contribution in [0.3, 0.4) is 0 Å². The maximum absolute atomic E-state index is 13.0. The third kappa shape index (κ3) is 4.66. The highest BCUT2D eigenvalue weighted by Gasteiger charge is 2.36. The summed E-state index contributed by atoms with van der Waals surface area (Å²) in [6, 6.07) is 7.73. The predicted molar refractivity (Wildman–Crippen MR) is 117 cm³/mol. The lowest BCUT2D eigenvalue weighted by molar-refractivity contribution is -0.385. The first-order chi connectivity index (χ1) is 15.8. The fourth-order valence-corrected chi connectivity index (χ4v) is 3.50. The summed E-state index contributed by atoms with van der Waals surface area (Å²) in [4.78, 5) is 36.6. The van der Waals surface area contributed by atoms with Crippen LogP contribution in [-0.4, -0.2) is 44.9 Å². The minimum absolute atomic E-state index is 0.0723. The smallest absolute Gasteiger partial charge is 0.338 e. The summed E-state index contributed by atoms with van der Waals surface area (Å²) in [5, 5.41) is 17.0. The molecule has 33 heavy (non-hydrogen) atoms. The van der Waals surface area contributed by atoms with E-state index in [1.165, 1.54) is 33.5 Å². The van der Waals surface area contributed by atoms with E-state index in [1.807, 2.05) is 0 Å². The molecule has 174 valence electrons. The first kappa shape index (κ1) is 23.4. The number of ether oxygens (including phenoxy) is 4. The Bertz CT molecular complexity index is 1110. The number of rotatable bonds is 8. The largest absolute Gasteiger partial charge is 0.497 e. The van der Waals surface area contributed by atoms with Crippen molar-refractivity contribution in [3.8, 4) is 17.2 Å². The van der Waals surface area contributed by atoms with Gasteiger partial charge in [-0.15, -0.1) is 0 Å². The first-order valence-corrected chi connectivity index (χ1v) is 9.88. The molecule has 1 aliphatic rings. The minimum Gasteiger partial charge on any atom is -0.497 e. The average molecular weight is 457 g/mol. The number of methoxy groups -OCH3 is 3. The van der Waals surface area contributed by atoms with Gasteiger partial charge in [0, 0.05) is 6.07 Å². The number of hydrogen-bond donors (Lipinski definition) is 2. The van der Waals surface area contributed by atoms with Gasteiger partial charge in [0.1, 0.15) is 5.75 Å². The lowest BCUT2D eigenvalue weighted by atomic mass is 9.92. The lowest BCUT2D eigenvalue weighted by Gasteiger charge is -2.29. The zero-order valence-corrected chi connectivity index (χ0v) is 18.5. The van der Waals surface area contributed by atoms with Gasteiger partial charge in [-0.1, -0.05) is 0 Å². The van der Waals surface area contributed by atoms with Crippen LogP contribution in [0, 0.1) is 10.1 Å². The van der Waals surface area contributed by atoms with Crippen LogP contribution in [0.25, 0.3) is 5.70 Å². The molecule has 11 heteroatoms. The third-order valence-electron chi connectivity index (χ3n) is 4.96. The zero-order chi connectivity index (χ0) is 24.1. The maximum atomic E-state index is 13.0. The summed E-state index contributed by atoms with van der Waals surface area (Å²) >= 11 is 0. The van der Waals surface area contributed by atoms with Crippen LogP contribution in [-0.2, 0) is 9.53 Å². The van der Waals surface area contributed by atoms with Gasteiger partial charge >= 0.3 is 17.7 Å². The van der Waals surface area contributed by atoms with Crippen LogP contribution in [0.4, 0.5) is 10.5 Å². The molecule has 0 radical (unpaired) electrons. The Balaban J connectivity index is 2.26. The second-order valence-corrected chi connectivity index (χ2v) is 6.80. The van der Waals surface area contributed by atoms with E-state index in [4.69, 9.17) is 18.9 Å². The molecule has 0 fully saturated rings. The molecule has 2 N–H and O–H groups in total. The fourth-order valence-electron chi connectivity index (χ4n) is 3.50. The normalized spacial score (nSPS) is 15.3. The highest BCUT2D eigenvalue weighted by atomic mass is 16.6. The van der Waals surface area contributed by atoms with Gasteiger partial charge in [0.25, 0.3) is 0 Å². The van der Waals surface area contributed by atoms with Crippen molar-refractivity contribution >= 4 is 23.4 Å². The van der Waals surface area contributed by atoms with Gasteiger partial charge in [0.2, 0.25) is 5.75 Å². The van der Waals surface area contributed by atoms with Gasteiger partial charge in [-0.3, -0.25) is 10.1 Å². The predicted octanol–water partition coefficient (Wildman–Crippen LogP) is 2.95. The SMILES string of the molecule is CCOC(=O)C1=C(c2ccc(OC)cc2)NC(=O)NC1c1cc(OC)c(OC)c([N+](=O)[O-])c1. The summed E-state index contributed by atoms with van der Waals surface area (Å²) in [5.41, 5.74) is 0.663. The number of nitro groups is 1. The molecular weight excluding hydrogens is 434 g/mol. The number of nitro benzene ring substituents is 1. The maximum Gasteiger partial charge on any atom is 0.338 e. The summed E-state index contributed by atoms with van der Waals surface area (Å²) in [6.45, 7) is 1.74. The molecular formula is C22H23N3O8. The molecule has 1 atom stereocenters. The fraction of sp³-hybridized carbons (Fsp3) is 0.273. The van der Waals surface area contributed by atoms with Crippen LogP contribution in [0.2, 0.25) is 0 Å². The van der Waals surface area contributed by atoms with E-state index < -0.39 is 23.0 Å². The number of esters is 1. The Morgan fingerprint density at radius 3 is 2.33 bits per heavy atom. The molecule has 1 aliphatic heterocycles. The molecule has 0 bridgehead atoms. The number of nitrogens with zero attached hydrogens (tertiary/aromatic N) is 1. The number of carbonyl (C=O) groups excluding carboxylic acids is 2. The van der Waals surface area contributed by atoms with Crippen molar-refractivity contribution in [2.24, 2.45) is 0 Å². The van der Waals surface area contributed by atoms with Gasteiger partial charge in [-0.2, -0.15) is 0 Å². The summed E-state index contributed by atoms with van der Waals surface area (Å²) < 4.78 is 20.8. The standard InChI is InChI=1S/C22H23N3O8/c1-5-33-21(26)17-18(12-6-8-14(30-2)9-7-12)23-22(27)24-19(17)13-10-15(25(28)29)20(32-4)16(11-13)31-3/h6-11,19H,5H2,1-4H3,(H2,23,24,27). The molecule has 1 heterocycles. The van der Waals surface area contributed by atoms with Gasteiger partial charge in [-0.25, -0.2) is 9.59 Å². The minimum atomic E-state index is -1.06. The van der Waals surface area contributed by atoms with Gasteiger partial charge in [0.15, 0.2) is 5.75 Å².